The lowest BCUT2D eigenvalue weighted by atomic mass is 10.1. The van der Waals surface area contributed by atoms with Gasteiger partial charge in [0.2, 0.25) is 5.88 Å². The minimum atomic E-state index is 0.487. The first-order valence-corrected chi connectivity index (χ1v) is 5.61. The Morgan fingerprint density at radius 3 is 2.65 bits per heavy atom. The number of methoxy groups -OCH3 is 1. The molecule has 1 aromatic heterocycles. The van der Waals surface area contributed by atoms with Gasteiger partial charge in [-0.1, -0.05) is 23.7 Å². The van der Waals surface area contributed by atoms with E-state index in [0.29, 0.717) is 17.4 Å². The van der Waals surface area contributed by atoms with Crippen molar-refractivity contribution in [3.63, 3.8) is 0 Å². The fourth-order valence-corrected chi connectivity index (χ4v) is 1.89. The topological polar surface area (TPSA) is 48.1 Å². The van der Waals surface area contributed by atoms with E-state index in [1.165, 1.54) is 0 Å². The predicted molar refractivity (Wildman–Crippen MR) is 69.1 cm³/mol. The smallest absolute Gasteiger partial charge is 0.212 e. The van der Waals surface area contributed by atoms with E-state index >= 15 is 0 Å². The van der Waals surface area contributed by atoms with Crippen molar-refractivity contribution < 1.29 is 4.74 Å². The Kier molecular flexibility index (Phi) is 3.61. The summed E-state index contributed by atoms with van der Waals surface area (Å²) in [6.07, 6.45) is 1.74. The zero-order chi connectivity index (χ0) is 12.3. The average Bonchev–Trinajstić information content (AvgIpc) is 2.39. The summed E-state index contributed by atoms with van der Waals surface area (Å²) >= 11 is 6.20. The minimum Gasteiger partial charge on any atom is -0.481 e. The summed E-state index contributed by atoms with van der Waals surface area (Å²) in [5.74, 6) is 0.587. The molecule has 0 unspecified atom stereocenters. The Morgan fingerprint density at radius 2 is 2.12 bits per heavy atom. The standard InChI is InChI=1S/C13H13ClN2O/c1-17-13-5-3-10(8-16-13)11-4-2-9(7-15)6-12(11)14/h2-6,8H,7,15H2,1H3. The SMILES string of the molecule is COc1ccc(-c2ccc(CN)cc2Cl)cn1. The molecule has 3 nitrogen and oxygen atoms in total. The van der Waals surface area contributed by atoms with Gasteiger partial charge in [0, 0.05) is 35.0 Å². The van der Waals surface area contributed by atoms with E-state index in [9.17, 15) is 0 Å². The van der Waals surface area contributed by atoms with Crippen molar-refractivity contribution in [3.05, 3.63) is 47.1 Å². The number of nitrogens with zero attached hydrogens (tertiary/aromatic N) is 1. The summed E-state index contributed by atoms with van der Waals surface area (Å²) in [6.45, 7) is 0.487. The molecule has 88 valence electrons. The predicted octanol–water partition coefficient (Wildman–Crippen LogP) is 2.87. The van der Waals surface area contributed by atoms with Crippen molar-refractivity contribution in [1.29, 1.82) is 0 Å². The van der Waals surface area contributed by atoms with Crippen LogP contribution in [0.15, 0.2) is 36.5 Å². The number of benzene rings is 1. The lowest BCUT2D eigenvalue weighted by Crippen LogP contribution is -1.96. The maximum absolute atomic E-state index is 6.20. The second-order valence-corrected chi connectivity index (χ2v) is 4.01. The van der Waals surface area contributed by atoms with Crippen LogP contribution in [-0.2, 0) is 6.54 Å². The molecule has 0 saturated carbocycles. The van der Waals surface area contributed by atoms with Gasteiger partial charge < -0.3 is 10.5 Å². The zero-order valence-corrected chi connectivity index (χ0v) is 10.2. The van der Waals surface area contributed by atoms with Crippen LogP contribution in [0.2, 0.25) is 5.02 Å². The normalized spacial score (nSPS) is 10.3. The number of rotatable bonds is 3. The maximum atomic E-state index is 6.20. The first-order valence-electron chi connectivity index (χ1n) is 5.23. The molecule has 4 heteroatoms. The summed E-state index contributed by atoms with van der Waals surface area (Å²) in [7, 11) is 1.59. The third-order valence-electron chi connectivity index (χ3n) is 2.53. The van der Waals surface area contributed by atoms with Crippen LogP contribution in [0, 0.1) is 0 Å². The molecule has 0 radical (unpaired) electrons. The molecule has 1 aromatic carbocycles. The number of nitrogens with two attached hydrogens (primary N) is 1. The molecule has 0 aliphatic rings. The molecule has 0 atom stereocenters. The van der Waals surface area contributed by atoms with Gasteiger partial charge in [-0.15, -0.1) is 0 Å². The van der Waals surface area contributed by atoms with Crippen LogP contribution in [-0.4, -0.2) is 12.1 Å². The molecule has 0 fully saturated rings. The van der Waals surface area contributed by atoms with Gasteiger partial charge in [-0.3, -0.25) is 0 Å². The van der Waals surface area contributed by atoms with E-state index in [4.69, 9.17) is 22.1 Å². The molecule has 1 heterocycles. The Labute approximate surface area is 105 Å². The molecular weight excluding hydrogens is 236 g/mol. The quantitative estimate of drug-likeness (QED) is 0.909. The van der Waals surface area contributed by atoms with E-state index in [0.717, 1.165) is 16.7 Å². The molecule has 2 rings (SSSR count). The van der Waals surface area contributed by atoms with Gasteiger partial charge in [0.1, 0.15) is 0 Å². The first kappa shape index (κ1) is 11.9. The highest BCUT2D eigenvalue weighted by Gasteiger charge is 2.05. The van der Waals surface area contributed by atoms with Crippen LogP contribution in [0.5, 0.6) is 5.88 Å². The molecule has 0 amide bonds. The molecule has 17 heavy (non-hydrogen) atoms. The van der Waals surface area contributed by atoms with Gasteiger partial charge in [0.25, 0.3) is 0 Å². The summed E-state index contributed by atoms with van der Waals surface area (Å²) in [5.41, 5.74) is 8.47. The van der Waals surface area contributed by atoms with Gasteiger partial charge in [-0.2, -0.15) is 0 Å². The van der Waals surface area contributed by atoms with Crippen molar-refractivity contribution in [2.45, 2.75) is 6.54 Å². The van der Waals surface area contributed by atoms with E-state index in [1.54, 1.807) is 13.3 Å². The second-order valence-electron chi connectivity index (χ2n) is 3.61. The average molecular weight is 249 g/mol. The highest BCUT2D eigenvalue weighted by atomic mass is 35.5. The molecule has 0 bridgehead atoms. The van der Waals surface area contributed by atoms with Crippen LogP contribution in [0.1, 0.15) is 5.56 Å². The third kappa shape index (κ3) is 2.57. The Morgan fingerprint density at radius 1 is 1.29 bits per heavy atom. The number of hydrogen-bond donors (Lipinski definition) is 1. The number of hydrogen-bond acceptors (Lipinski definition) is 3. The highest BCUT2D eigenvalue weighted by Crippen LogP contribution is 2.28. The molecule has 2 aromatic rings. The molecule has 0 saturated heterocycles. The summed E-state index contributed by atoms with van der Waals surface area (Å²) in [6, 6.07) is 9.53. The molecule has 0 spiro atoms. The van der Waals surface area contributed by atoms with Crippen molar-refractivity contribution in [2.24, 2.45) is 5.73 Å². The minimum absolute atomic E-state index is 0.487. The van der Waals surface area contributed by atoms with Crippen LogP contribution in [0.4, 0.5) is 0 Å². The van der Waals surface area contributed by atoms with E-state index in [2.05, 4.69) is 4.98 Å². The van der Waals surface area contributed by atoms with E-state index < -0.39 is 0 Å². The monoisotopic (exact) mass is 248 g/mol. The van der Waals surface area contributed by atoms with Crippen LogP contribution in [0.25, 0.3) is 11.1 Å². The van der Waals surface area contributed by atoms with Crippen LogP contribution in [0.3, 0.4) is 0 Å². The van der Waals surface area contributed by atoms with Crippen LogP contribution < -0.4 is 10.5 Å². The van der Waals surface area contributed by atoms with Gasteiger partial charge in [0.05, 0.1) is 7.11 Å². The Balaban J connectivity index is 2.38. The highest BCUT2D eigenvalue weighted by molar-refractivity contribution is 6.33. The maximum Gasteiger partial charge on any atom is 0.212 e. The fraction of sp³-hybridized carbons (Fsp3) is 0.154. The van der Waals surface area contributed by atoms with Gasteiger partial charge in [-0.05, 0) is 17.7 Å². The van der Waals surface area contributed by atoms with Gasteiger partial charge in [0.15, 0.2) is 0 Å². The molecule has 0 aliphatic heterocycles. The number of pyridine rings is 1. The lowest BCUT2D eigenvalue weighted by Gasteiger charge is -2.06. The molecule has 2 N–H and O–H groups in total. The van der Waals surface area contributed by atoms with Gasteiger partial charge >= 0.3 is 0 Å². The Bertz CT molecular complexity index is 511. The fourth-order valence-electron chi connectivity index (χ4n) is 1.58. The molecular formula is C13H13ClN2O. The summed E-state index contributed by atoms with van der Waals surface area (Å²) in [4.78, 5) is 4.15. The Hall–Kier alpha value is -1.58. The van der Waals surface area contributed by atoms with Crippen molar-refractivity contribution in [3.8, 4) is 17.0 Å². The largest absolute Gasteiger partial charge is 0.481 e. The van der Waals surface area contributed by atoms with Crippen molar-refractivity contribution in [1.82, 2.24) is 4.98 Å². The second kappa shape index (κ2) is 5.17. The number of ether oxygens (including phenoxy) is 1. The first-order chi connectivity index (χ1) is 8.24. The number of aromatic nitrogens is 1. The summed E-state index contributed by atoms with van der Waals surface area (Å²) < 4.78 is 5.01. The third-order valence-corrected chi connectivity index (χ3v) is 2.84. The molecule has 0 aliphatic carbocycles. The van der Waals surface area contributed by atoms with E-state index in [1.807, 2.05) is 30.3 Å². The van der Waals surface area contributed by atoms with Crippen LogP contribution >= 0.6 is 11.6 Å². The van der Waals surface area contributed by atoms with Crippen molar-refractivity contribution >= 4 is 11.6 Å². The number of halogens is 1. The van der Waals surface area contributed by atoms with Crippen molar-refractivity contribution in [2.75, 3.05) is 7.11 Å². The van der Waals surface area contributed by atoms with Gasteiger partial charge in [-0.25, -0.2) is 4.98 Å². The summed E-state index contributed by atoms with van der Waals surface area (Å²) in [5, 5.41) is 0.680. The zero-order valence-electron chi connectivity index (χ0n) is 9.48. The van der Waals surface area contributed by atoms with E-state index in [-0.39, 0.29) is 0 Å². The lowest BCUT2D eigenvalue weighted by molar-refractivity contribution is 0.398.